The molecule has 6 aromatic rings. The van der Waals surface area contributed by atoms with Gasteiger partial charge in [0.15, 0.2) is 0 Å². The largest absolute Gasteiger partial charge is 0.492 e. The summed E-state index contributed by atoms with van der Waals surface area (Å²) >= 11 is 0. The van der Waals surface area contributed by atoms with Gasteiger partial charge in [0.2, 0.25) is 0 Å². The number of pyridine rings is 1. The van der Waals surface area contributed by atoms with Crippen molar-refractivity contribution >= 4 is 16.6 Å². The topological polar surface area (TPSA) is 69.9 Å². The molecule has 0 aliphatic rings. The van der Waals surface area contributed by atoms with Crippen LogP contribution >= 0.6 is 0 Å². The molecule has 0 unspecified atom stereocenters. The standard InChI is InChI=1S/C35H29N3O2/c1-24(36-21-22-40-29-11-6-3-7-12-29)28-18-19-32-31(23-28)33(34(38-32)30-13-8-20-37-35(30)39)27-16-14-26(15-17-27)25-9-4-2-5-10-25/h2-20,23,36,38H,1,21-22H2,(H,37,39). The third-order valence-corrected chi connectivity index (χ3v) is 6.97. The van der Waals surface area contributed by atoms with Gasteiger partial charge in [-0.2, -0.15) is 0 Å². The second kappa shape index (κ2) is 11.2. The van der Waals surface area contributed by atoms with Crippen molar-refractivity contribution in [2.45, 2.75) is 0 Å². The van der Waals surface area contributed by atoms with Crippen LogP contribution < -0.4 is 15.6 Å². The van der Waals surface area contributed by atoms with Gasteiger partial charge in [0.05, 0.1) is 11.3 Å². The van der Waals surface area contributed by atoms with E-state index in [4.69, 9.17) is 4.74 Å². The zero-order chi connectivity index (χ0) is 27.3. The summed E-state index contributed by atoms with van der Waals surface area (Å²) in [6.07, 6.45) is 1.65. The van der Waals surface area contributed by atoms with E-state index >= 15 is 0 Å². The Bertz CT molecular complexity index is 1820. The van der Waals surface area contributed by atoms with Crippen LogP contribution in [0.15, 0.2) is 133 Å². The van der Waals surface area contributed by atoms with E-state index in [9.17, 15) is 4.79 Å². The van der Waals surface area contributed by atoms with Crippen LogP contribution in [0.4, 0.5) is 0 Å². The Kier molecular flexibility index (Phi) is 7.01. The molecule has 0 spiro atoms. The molecule has 196 valence electrons. The number of H-pyrrole nitrogens is 2. The van der Waals surface area contributed by atoms with Crippen molar-refractivity contribution in [3.05, 3.63) is 144 Å². The van der Waals surface area contributed by atoms with Gasteiger partial charge in [0.25, 0.3) is 5.56 Å². The van der Waals surface area contributed by atoms with Crippen molar-refractivity contribution < 1.29 is 4.74 Å². The Hall–Kier alpha value is -5.29. The van der Waals surface area contributed by atoms with Crippen LogP contribution in [0.5, 0.6) is 5.75 Å². The first kappa shape index (κ1) is 25.0. The Balaban J connectivity index is 1.34. The minimum Gasteiger partial charge on any atom is -0.492 e. The number of hydrogen-bond donors (Lipinski definition) is 3. The van der Waals surface area contributed by atoms with Crippen LogP contribution in [0.25, 0.3) is 50.1 Å². The molecule has 0 saturated carbocycles. The molecule has 3 N–H and O–H groups in total. The summed E-state index contributed by atoms with van der Waals surface area (Å²) in [5.74, 6) is 0.843. The SMILES string of the molecule is C=C(NCCOc1ccccc1)c1ccc2[nH]c(-c3ccc[nH]c3=O)c(-c3ccc(-c4ccccc4)cc3)c2c1. The van der Waals surface area contributed by atoms with E-state index in [0.29, 0.717) is 18.7 Å². The Labute approximate surface area is 232 Å². The first-order valence-corrected chi connectivity index (χ1v) is 13.3. The lowest BCUT2D eigenvalue weighted by Crippen LogP contribution is -2.19. The van der Waals surface area contributed by atoms with E-state index in [-0.39, 0.29) is 5.56 Å². The molecule has 40 heavy (non-hydrogen) atoms. The van der Waals surface area contributed by atoms with Crippen molar-refractivity contribution in [2.75, 3.05) is 13.2 Å². The molecular formula is C35H29N3O2. The number of para-hydroxylation sites is 1. The van der Waals surface area contributed by atoms with E-state index in [1.807, 2.05) is 72.8 Å². The minimum atomic E-state index is -0.138. The first-order valence-electron chi connectivity index (χ1n) is 13.3. The Morgan fingerprint density at radius 3 is 2.23 bits per heavy atom. The summed E-state index contributed by atoms with van der Waals surface area (Å²) in [4.78, 5) is 19.2. The highest BCUT2D eigenvalue weighted by Crippen LogP contribution is 2.39. The van der Waals surface area contributed by atoms with Crippen LogP contribution in [0.1, 0.15) is 5.56 Å². The van der Waals surface area contributed by atoms with Gasteiger partial charge in [-0.3, -0.25) is 4.79 Å². The third kappa shape index (κ3) is 5.18. The molecule has 0 atom stereocenters. The number of nitrogens with one attached hydrogen (secondary N) is 3. The van der Waals surface area contributed by atoms with E-state index in [1.165, 1.54) is 0 Å². The van der Waals surface area contributed by atoms with Crippen LogP contribution in [-0.4, -0.2) is 23.1 Å². The van der Waals surface area contributed by atoms with Crippen LogP contribution in [-0.2, 0) is 0 Å². The van der Waals surface area contributed by atoms with Crippen LogP contribution in [0, 0.1) is 0 Å². The Morgan fingerprint density at radius 1 is 0.775 bits per heavy atom. The zero-order valence-electron chi connectivity index (χ0n) is 22.0. The number of aromatic amines is 2. The molecule has 0 aliphatic heterocycles. The van der Waals surface area contributed by atoms with Crippen molar-refractivity contribution in [1.29, 1.82) is 0 Å². The molecule has 2 heterocycles. The molecule has 0 fully saturated rings. The second-order valence-electron chi connectivity index (χ2n) is 9.56. The van der Waals surface area contributed by atoms with Crippen molar-refractivity contribution in [3.63, 3.8) is 0 Å². The van der Waals surface area contributed by atoms with Gasteiger partial charge < -0.3 is 20.0 Å². The molecule has 0 amide bonds. The van der Waals surface area contributed by atoms with Gasteiger partial charge in [0.1, 0.15) is 12.4 Å². The molecule has 0 aliphatic carbocycles. The van der Waals surface area contributed by atoms with E-state index in [0.717, 1.165) is 55.9 Å². The number of aromatic nitrogens is 2. The van der Waals surface area contributed by atoms with Gasteiger partial charge in [-0.1, -0.05) is 85.4 Å². The average Bonchev–Trinajstić information content (AvgIpc) is 3.39. The van der Waals surface area contributed by atoms with E-state index in [2.05, 4.69) is 64.3 Å². The molecular weight excluding hydrogens is 494 g/mol. The van der Waals surface area contributed by atoms with Gasteiger partial charge in [0, 0.05) is 34.9 Å². The maximum Gasteiger partial charge on any atom is 0.257 e. The Morgan fingerprint density at radius 2 is 1.48 bits per heavy atom. The summed E-state index contributed by atoms with van der Waals surface area (Å²) in [7, 11) is 0. The van der Waals surface area contributed by atoms with Crippen molar-refractivity contribution in [3.8, 4) is 39.3 Å². The molecule has 4 aromatic carbocycles. The predicted octanol–water partition coefficient (Wildman–Crippen LogP) is 7.50. The lowest BCUT2D eigenvalue weighted by Gasteiger charge is -2.12. The van der Waals surface area contributed by atoms with Gasteiger partial charge in [-0.15, -0.1) is 0 Å². The zero-order valence-corrected chi connectivity index (χ0v) is 22.0. The van der Waals surface area contributed by atoms with Gasteiger partial charge in [-0.05, 0) is 58.7 Å². The van der Waals surface area contributed by atoms with Gasteiger partial charge >= 0.3 is 0 Å². The van der Waals surface area contributed by atoms with Crippen LogP contribution in [0.3, 0.4) is 0 Å². The molecule has 5 heteroatoms. The van der Waals surface area contributed by atoms with Gasteiger partial charge in [-0.25, -0.2) is 0 Å². The normalized spacial score (nSPS) is 10.9. The molecule has 6 rings (SSSR count). The second-order valence-corrected chi connectivity index (χ2v) is 9.56. The summed E-state index contributed by atoms with van der Waals surface area (Å²) in [5.41, 5.74) is 8.28. The predicted molar refractivity (Wildman–Crippen MR) is 164 cm³/mol. The average molecular weight is 524 g/mol. The summed E-state index contributed by atoms with van der Waals surface area (Å²) in [6, 6.07) is 38.4. The third-order valence-electron chi connectivity index (χ3n) is 6.97. The maximum absolute atomic E-state index is 12.8. The highest BCUT2D eigenvalue weighted by Gasteiger charge is 2.18. The monoisotopic (exact) mass is 523 g/mol. The quantitative estimate of drug-likeness (QED) is 0.172. The van der Waals surface area contributed by atoms with E-state index < -0.39 is 0 Å². The highest BCUT2D eigenvalue weighted by molar-refractivity contribution is 6.04. The number of ether oxygens (including phenoxy) is 1. The fraction of sp³-hybridized carbons (Fsp3) is 0.0571. The first-order chi connectivity index (χ1) is 19.7. The minimum absolute atomic E-state index is 0.138. The molecule has 5 nitrogen and oxygen atoms in total. The van der Waals surface area contributed by atoms with E-state index in [1.54, 1.807) is 6.20 Å². The number of benzene rings is 4. The summed E-state index contributed by atoms with van der Waals surface area (Å²) in [5, 5.41) is 4.40. The molecule has 0 bridgehead atoms. The lowest BCUT2D eigenvalue weighted by atomic mass is 9.95. The lowest BCUT2D eigenvalue weighted by molar-refractivity contribution is 0.321. The number of fused-ring (bicyclic) bond motifs is 1. The molecule has 2 aromatic heterocycles. The van der Waals surface area contributed by atoms with Crippen LogP contribution in [0.2, 0.25) is 0 Å². The van der Waals surface area contributed by atoms with Crippen molar-refractivity contribution in [2.24, 2.45) is 0 Å². The smallest absolute Gasteiger partial charge is 0.257 e. The fourth-order valence-electron chi connectivity index (χ4n) is 4.95. The van der Waals surface area contributed by atoms with Crippen molar-refractivity contribution in [1.82, 2.24) is 15.3 Å². The highest BCUT2D eigenvalue weighted by atomic mass is 16.5. The summed E-state index contributed by atoms with van der Waals surface area (Å²) < 4.78 is 5.80. The molecule has 0 radical (unpaired) electrons. The number of hydrogen-bond acceptors (Lipinski definition) is 3. The molecule has 0 saturated heterocycles. The summed E-state index contributed by atoms with van der Waals surface area (Å²) in [6.45, 7) is 5.42. The number of rotatable bonds is 9. The maximum atomic E-state index is 12.8. The fourth-order valence-corrected chi connectivity index (χ4v) is 4.95.